The minimum absolute atomic E-state index is 0.0821. The standard InChI is InChI=1S/C12H17N5O4/c1-5-7-9(16-11(13)15-5)17(4-14-7)10-12(2,20)8(19)6(3-18)21-10/h4,6,8,10,18-20H,3H2,1-2H3,(H2,13,15,16)/t6-,8-,10-,12-/m1/s1. The van der Waals surface area contributed by atoms with Crippen LogP contribution in [0.2, 0.25) is 0 Å². The highest BCUT2D eigenvalue weighted by Crippen LogP contribution is 2.39. The second-order valence-electron chi connectivity index (χ2n) is 5.37. The molecular weight excluding hydrogens is 278 g/mol. The van der Waals surface area contributed by atoms with Crippen LogP contribution in [0.3, 0.4) is 0 Å². The fraction of sp³-hybridized carbons (Fsp3) is 0.583. The Balaban J connectivity index is 2.13. The van der Waals surface area contributed by atoms with Crippen molar-refractivity contribution in [2.45, 2.75) is 37.9 Å². The van der Waals surface area contributed by atoms with Crippen LogP contribution in [0.4, 0.5) is 5.95 Å². The zero-order valence-electron chi connectivity index (χ0n) is 11.6. The molecule has 21 heavy (non-hydrogen) atoms. The number of hydrogen-bond donors (Lipinski definition) is 4. The van der Waals surface area contributed by atoms with Gasteiger partial charge in [-0.25, -0.2) is 9.97 Å². The zero-order chi connectivity index (χ0) is 15.4. The SMILES string of the molecule is Cc1nc(N)nc2c1ncn2[C@@H]1O[C@H](CO)[C@@H](O)[C@@]1(C)O. The molecule has 0 aliphatic carbocycles. The van der Waals surface area contributed by atoms with Crippen molar-refractivity contribution in [3.8, 4) is 0 Å². The lowest BCUT2D eigenvalue weighted by molar-refractivity contribution is -0.0950. The van der Waals surface area contributed by atoms with Crippen LogP contribution in [0.25, 0.3) is 11.2 Å². The Morgan fingerprint density at radius 3 is 2.81 bits per heavy atom. The van der Waals surface area contributed by atoms with Crippen molar-refractivity contribution in [2.24, 2.45) is 0 Å². The highest BCUT2D eigenvalue weighted by Gasteiger charge is 2.53. The first-order chi connectivity index (χ1) is 9.86. The molecule has 0 saturated carbocycles. The van der Waals surface area contributed by atoms with Gasteiger partial charge in [-0.1, -0.05) is 0 Å². The van der Waals surface area contributed by atoms with Crippen molar-refractivity contribution in [1.82, 2.24) is 19.5 Å². The minimum Gasteiger partial charge on any atom is -0.394 e. The third-order valence-corrected chi connectivity index (χ3v) is 3.80. The molecule has 5 N–H and O–H groups in total. The number of ether oxygens (including phenoxy) is 1. The van der Waals surface area contributed by atoms with E-state index in [1.54, 1.807) is 6.92 Å². The van der Waals surface area contributed by atoms with Gasteiger partial charge in [-0.05, 0) is 13.8 Å². The monoisotopic (exact) mass is 295 g/mol. The maximum absolute atomic E-state index is 10.5. The Kier molecular flexibility index (Phi) is 3.10. The van der Waals surface area contributed by atoms with Crippen LogP contribution < -0.4 is 5.73 Å². The average molecular weight is 295 g/mol. The van der Waals surface area contributed by atoms with Gasteiger partial charge in [0.1, 0.15) is 23.3 Å². The van der Waals surface area contributed by atoms with Crippen molar-refractivity contribution in [2.75, 3.05) is 12.3 Å². The van der Waals surface area contributed by atoms with Gasteiger partial charge in [0.05, 0.1) is 18.6 Å². The van der Waals surface area contributed by atoms with E-state index < -0.39 is 30.6 Å². The minimum atomic E-state index is -1.60. The fourth-order valence-electron chi connectivity index (χ4n) is 2.64. The molecule has 9 nitrogen and oxygen atoms in total. The lowest BCUT2D eigenvalue weighted by Gasteiger charge is -2.27. The summed E-state index contributed by atoms with van der Waals surface area (Å²) in [6, 6.07) is 0. The molecule has 0 unspecified atom stereocenters. The molecule has 0 spiro atoms. The molecule has 9 heteroatoms. The lowest BCUT2D eigenvalue weighted by atomic mass is 9.96. The van der Waals surface area contributed by atoms with Crippen LogP contribution in [0, 0.1) is 6.92 Å². The molecule has 3 heterocycles. The number of nitrogens with zero attached hydrogens (tertiary/aromatic N) is 4. The van der Waals surface area contributed by atoms with E-state index in [1.165, 1.54) is 17.8 Å². The third kappa shape index (κ3) is 1.97. The van der Waals surface area contributed by atoms with E-state index in [2.05, 4.69) is 15.0 Å². The summed E-state index contributed by atoms with van der Waals surface area (Å²) in [6.07, 6.45) is -1.62. The number of anilines is 1. The van der Waals surface area contributed by atoms with Gasteiger partial charge < -0.3 is 25.8 Å². The normalized spacial score (nSPS) is 32.9. The van der Waals surface area contributed by atoms with Crippen LogP contribution in [0.15, 0.2) is 6.33 Å². The van der Waals surface area contributed by atoms with Crippen LogP contribution in [0.5, 0.6) is 0 Å². The summed E-state index contributed by atoms with van der Waals surface area (Å²) < 4.78 is 7.03. The maximum atomic E-state index is 10.5. The van der Waals surface area contributed by atoms with E-state index in [-0.39, 0.29) is 5.95 Å². The van der Waals surface area contributed by atoms with Gasteiger partial charge in [0.25, 0.3) is 0 Å². The van der Waals surface area contributed by atoms with Gasteiger partial charge in [-0.15, -0.1) is 0 Å². The van der Waals surface area contributed by atoms with E-state index in [4.69, 9.17) is 10.5 Å². The van der Waals surface area contributed by atoms with E-state index >= 15 is 0 Å². The predicted molar refractivity (Wildman–Crippen MR) is 72.1 cm³/mol. The molecule has 1 saturated heterocycles. The first-order valence-corrected chi connectivity index (χ1v) is 6.49. The Morgan fingerprint density at radius 1 is 1.48 bits per heavy atom. The Hall–Kier alpha value is -1.81. The molecule has 0 bridgehead atoms. The molecule has 114 valence electrons. The molecule has 0 radical (unpaired) electrons. The molecule has 1 aliphatic rings. The fourth-order valence-corrected chi connectivity index (χ4v) is 2.64. The van der Waals surface area contributed by atoms with Crippen molar-refractivity contribution >= 4 is 17.1 Å². The summed E-state index contributed by atoms with van der Waals surface area (Å²) >= 11 is 0. The smallest absolute Gasteiger partial charge is 0.222 e. The number of aromatic nitrogens is 4. The molecule has 0 amide bonds. The summed E-state index contributed by atoms with van der Waals surface area (Å²) in [5, 5.41) is 29.7. The molecule has 4 atom stereocenters. The van der Waals surface area contributed by atoms with Gasteiger partial charge in [-0.2, -0.15) is 4.98 Å². The Morgan fingerprint density at radius 2 is 2.19 bits per heavy atom. The lowest BCUT2D eigenvalue weighted by Crippen LogP contribution is -2.44. The number of nitrogen functional groups attached to an aromatic ring is 1. The second-order valence-corrected chi connectivity index (χ2v) is 5.37. The number of fused-ring (bicyclic) bond motifs is 1. The number of aliphatic hydroxyl groups excluding tert-OH is 2. The number of imidazole rings is 1. The molecular formula is C12H17N5O4. The van der Waals surface area contributed by atoms with E-state index in [1.807, 2.05) is 0 Å². The predicted octanol–water partition coefficient (Wildman–Crippen LogP) is -1.28. The average Bonchev–Trinajstić information content (AvgIpc) is 2.91. The molecule has 2 aromatic heterocycles. The third-order valence-electron chi connectivity index (χ3n) is 3.80. The highest BCUT2D eigenvalue weighted by molar-refractivity contribution is 5.74. The zero-order valence-corrected chi connectivity index (χ0v) is 11.6. The van der Waals surface area contributed by atoms with Crippen LogP contribution in [0.1, 0.15) is 18.8 Å². The van der Waals surface area contributed by atoms with E-state index in [9.17, 15) is 15.3 Å². The van der Waals surface area contributed by atoms with E-state index in [0.717, 1.165) is 0 Å². The summed E-state index contributed by atoms with van der Waals surface area (Å²) in [7, 11) is 0. The molecule has 1 fully saturated rings. The Labute approximate surface area is 120 Å². The summed E-state index contributed by atoms with van der Waals surface area (Å²) in [5.41, 5.74) is 5.58. The first kappa shape index (κ1) is 14.1. The van der Waals surface area contributed by atoms with Gasteiger partial charge in [0.2, 0.25) is 5.95 Å². The number of hydrogen-bond acceptors (Lipinski definition) is 8. The van der Waals surface area contributed by atoms with Crippen LogP contribution in [-0.4, -0.2) is 59.3 Å². The van der Waals surface area contributed by atoms with Gasteiger partial charge in [0.15, 0.2) is 11.9 Å². The van der Waals surface area contributed by atoms with Gasteiger partial charge in [0, 0.05) is 0 Å². The first-order valence-electron chi connectivity index (χ1n) is 6.49. The number of nitrogens with two attached hydrogens (primary N) is 1. The molecule has 1 aliphatic heterocycles. The van der Waals surface area contributed by atoms with Crippen molar-refractivity contribution in [1.29, 1.82) is 0 Å². The quantitative estimate of drug-likeness (QED) is 0.537. The topological polar surface area (TPSA) is 140 Å². The number of aryl methyl sites for hydroxylation is 1. The summed E-state index contributed by atoms with van der Waals surface area (Å²) in [5.74, 6) is 0.0821. The van der Waals surface area contributed by atoms with Crippen LogP contribution in [-0.2, 0) is 4.74 Å². The van der Waals surface area contributed by atoms with Gasteiger partial charge >= 0.3 is 0 Å². The largest absolute Gasteiger partial charge is 0.394 e. The number of rotatable bonds is 2. The van der Waals surface area contributed by atoms with Gasteiger partial charge in [-0.3, -0.25) is 4.57 Å². The number of aliphatic hydroxyl groups is 3. The van der Waals surface area contributed by atoms with Crippen LogP contribution >= 0.6 is 0 Å². The van der Waals surface area contributed by atoms with Crippen molar-refractivity contribution < 1.29 is 20.1 Å². The highest BCUT2D eigenvalue weighted by atomic mass is 16.6. The molecule has 0 aromatic carbocycles. The molecule has 3 rings (SSSR count). The summed E-state index contributed by atoms with van der Waals surface area (Å²) in [6.45, 7) is 2.77. The molecule has 2 aromatic rings. The van der Waals surface area contributed by atoms with E-state index in [0.29, 0.717) is 16.9 Å². The summed E-state index contributed by atoms with van der Waals surface area (Å²) in [4.78, 5) is 12.3. The second kappa shape index (κ2) is 4.60. The maximum Gasteiger partial charge on any atom is 0.222 e. The Bertz CT molecular complexity index is 686. The van der Waals surface area contributed by atoms with Crippen molar-refractivity contribution in [3.63, 3.8) is 0 Å². The van der Waals surface area contributed by atoms with Crippen molar-refractivity contribution in [3.05, 3.63) is 12.0 Å².